The van der Waals surface area contributed by atoms with E-state index >= 15 is 0 Å². The molecule has 0 aliphatic heterocycles. The highest BCUT2D eigenvalue weighted by molar-refractivity contribution is 5.21. The first-order valence-corrected chi connectivity index (χ1v) is 7.86. The Balaban J connectivity index is 1.64. The van der Waals surface area contributed by atoms with Gasteiger partial charge in [-0.05, 0) is 67.3 Å². The molecule has 0 radical (unpaired) electrons. The smallest absolute Gasteiger partial charge is 0.0493 e. The average Bonchev–Trinajstić information content (AvgIpc) is 2.43. The molecule has 1 unspecified atom stereocenters. The number of nitrogens with one attached hydrogen (secondary N) is 1. The molecular formula is C17H24N2. The molecule has 4 aliphatic carbocycles. The largest absolute Gasteiger partial charge is 0.271 e. The Bertz CT molecular complexity index is 414. The first-order chi connectivity index (χ1) is 9.35. The monoisotopic (exact) mass is 256 g/mol. The zero-order chi connectivity index (χ0) is 12.8. The van der Waals surface area contributed by atoms with Crippen molar-refractivity contribution in [2.45, 2.75) is 38.1 Å². The average molecular weight is 256 g/mol. The zero-order valence-electron chi connectivity index (χ0n) is 11.5. The van der Waals surface area contributed by atoms with Crippen LogP contribution in [0.15, 0.2) is 30.3 Å². The van der Waals surface area contributed by atoms with Crippen LogP contribution in [0.2, 0.25) is 0 Å². The van der Waals surface area contributed by atoms with E-state index in [4.69, 9.17) is 5.84 Å². The Labute approximate surface area is 115 Å². The van der Waals surface area contributed by atoms with Crippen molar-refractivity contribution in [3.8, 4) is 0 Å². The molecule has 3 N–H and O–H groups in total. The van der Waals surface area contributed by atoms with Gasteiger partial charge in [0.05, 0.1) is 0 Å². The van der Waals surface area contributed by atoms with E-state index in [0.29, 0.717) is 6.04 Å². The molecule has 4 aliphatic rings. The summed E-state index contributed by atoms with van der Waals surface area (Å²) in [5.41, 5.74) is 4.52. The van der Waals surface area contributed by atoms with Gasteiger partial charge < -0.3 is 0 Å². The minimum Gasteiger partial charge on any atom is -0.271 e. The predicted molar refractivity (Wildman–Crippen MR) is 77.0 cm³/mol. The van der Waals surface area contributed by atoms with Crippen LogP contribution in [0, 0.1) is 29.6 Å². The minimum atomic E-state index is 0.358. The van der Waals surface area contributed by atoms with Crippen LogP contribution in [-0.2, 0) is 0 Å². The summed E-state index contributed by atoms with van der Waals surface area (Å²) in [6, 6.07) is 11.2. The van der Waals surface area contributed by atoms with Crippen LogP contribution in [0.3, 0.4) is 0 Å². The van der Waals surface area contributed by atoms with E-state index in [-0.39, 0.29) is 0 Å². The minimum absolute atomic E-state index is 0.358. The number of hydrazine groups is 1. The van der Waals surface area contributed by atoms with Gasteiger partial charge in [-0.15, -0.1) is 0 Å². The van der Waals surface area contributed by atoms with Gasteiger partial charge >= 0.3 is 0 Å². The topological polar surface area (TPSA) is 38.0 Å². The summed E-state index contributed by atoms with van der Waals surface area (Å²) in [6.45, 7) is 0. The molecule has 5 rings (SSSR count). The third-order valence-corrected chi connectivity index (χ3v) is 6.02. The van der Waals surface area contributed by atoms with Crippen LogP contribution in [-0.4, -0.2) is 0 Å². The van der Waals surface area contributed by atoms with Crippen LogP contribution in [0.25, 0.3) is 0 Å². The zero-order valence-corrected chi connectivity index (χ0v) is 11.5. The van der Waals surface area contributed by atoms with Crippen molar-refractivity contribution in [2.75, 3.05) is 0 Å². The molecule has 0 saturated heterocycles. The second kappa shape index (κ2) is 4.60. The molecule has 4 bridgehead atoms. The molecule has 2 nitrogen and oxygen atoms in total. The quantitative estimate of drug-likeness (QED) is 0.643. The van der Waals surface area contributed by atoms with Gasteiger partial charge in [-0.25, -0.2) is 0 Å². The van der Waals surface area contributed by atoms with Crippen LogP contribution in [0.4, 0.5) is 0 Å². The summed E-state index contributed by atoms with van der Waals surface area (Å²) in [5.74, 6) is 10.6. The lowest BCUT2D eigenvalue weighted by Gasteiger charge is -2.56. The predicted octanol–water partition coefficient (Wildman–Crippen LogP) is 3.26. The highest BCUT2D eigenvalue weighted by Crippen LogP contribution is 2.59. The third-order valence-electron chi connectivity index (χ3n) is 6.02. The lowest BCUT2D eigenvalue weighted by Crippen LogP contribution is -2.50. The number of nitrogens with two attached hydrogens (primary N) is 1. The maximum atomic E-state index is 5.93. The van der Waals surface area contributed by atoms with Crippen LogP contribution in [0.5, 0.6) is 0 Å². The van der Waals surface area contributed by atoms with Gasteiger partial charge in [0.25, 0.3) is 0 Å². The Morgan fingerprint density at radius 3 is 2.00 bits per heavy atom. The van der Waals surface area contributed by atoms with Crippen LogP contribution in [0.1, 0.15) is 43.7 Å². The molecular weight excluding hydrogens is 232 g/mol. The number of rotatable bonds is 3. The molecule has 4 fully saturated rings. The molecule has 0 spiro atoms. The second-order valence-corrected chi connectivity index (χ2v) is 7.06. The van der Waals surface area contributed by atoms with Gasteiger partial charge in [0.1, 0.15) is 0 Å². The van der Waals surface area contributed by atoms with E-state index in [1.54, 1.807) is 0 Å². The normalized spacial score (nSPS) is 41.4. The molecule has 1 atom stereocenters. The van der Waals surface area contributed by atoms with Gasteiger partial charge in [-0.3, -0.25) is 11.3 Å². The van der Waals surface area contributed by atoms with Crippen molar-refractivity contribution in [2.24, 2.45) is 35.4 Å². The summed E-state index contributed by atoms with van der Waals surface area (Å²) < 4.78 is 0. The van der Waals surface area contributed by atoms with E-state index in [2.05, 4.69) is 35.8 Å². The first-order valence-electron chi connectivity index (χ1n) is 7.86. The Morgan fingerprint density at radius 2 is 1.47 bits per heavy atom. The first kappa shape index (κ1) is 11.9. The van der Waals surface area contributed by atoms with Gasteiger partial charge in [0.2, 0.25) is 0 Å². The standard InChI is InChI=1S/C17H24N2/c18-19-17(13-4-2-1-3-5-13)16-14-7-11-6-12(9-14)10-15(16)8-11/h1-5,11-12,14-17,19H,6-10,18H2. The molecule has 2 heteroatoms. The van der Waals surface area contributed by atoms with Crippen molar-refractivity contribution in [1.29, 1.82) is 0 Å². The Morgan fingerprint density at radius 1 is 0.895 bits per heavy atom. The highest BCUT2D eigenvalue weighted by Gasteiger charge is 2.50. The van der Waals surface area contributed by atoms with E-state index in [9.17, 15) is 0 Å². The van der Waals surface area contributed by atoms with Gasteiger partial charge in [0.15, 0.2) is 0 Å². The van der Waals surface area contributed by atoms with Crippen molar-refractivity contribution in [1.82, 2.24) is 5.43 Å². The van der Waals surface area contributed by atoms with Crippen molar-refractivity contribution in [3.05, 3.63) is 35.9 Å². The second-order valence-electron chi connectivity index (χ2n) is 7.06. The SMILES string of the molecule is NNC(c1ccccc1)C1C2CC3CC(C2)CC1C3. The molecule has 19 heavy (non-hydrogen) atoms. The summed E-state index contributed by atoms with van der Waals surface area (Å²) in [4.78, 5) is 0. The Hall–Kier alpha value is -0.860. The highest BCUT2D eigenvalue weighted by atomic mass is 15.2. The van der Waals surface area contributed by atoms with Crippen molar-refractivity contribution in [3.63, 3.8) is 0 Å². The van der Waals surface area contributed by atoms with Gasteiger partial charge in [-0.1, -0.05) is 30.3 Å². The van der Waals surface area contributed by atoms with E-state index in [1.165, 1.54) is 37.7 Å². The molecule has 1 aromatic rings. The van der Waals surface area contributed by atoms with E-state index < -0.39 is 0 Å². The summed E-state index contributed by atoms with van der Waals surface area (Å²) in [6.07, 6.45) is 7.36. The lowest BCUT2D eigenvalue weighted by molar-refractivity contribution is -0.0525. The maximum Gasteiger partial charge on any atom is 0.0493 e. The fourth-order valence-corrected chi connectivity index (χ4v) is 5.60. The fourth-order valence-electron chi connectivity index (χ4n) is 5.60. The van der Waals surface area contributed by atoms with E-state index in [0.717, 1.165) is 29.6 Å². The molecule has 4 saturated carbocycles. The molecule has 0 amide bonds. The third kappa shape index (κ3) is 1.93. The summed E-state index contributed by atoms with van der Waals surface area (Å²) >= 11 is 0. The number of hydrogen-bond donors (Lipinski definition) is 2. The summed E-state index contributed by atoms with van der Waals surface area (Å²) in [5, 5.41) is 0. The van der Waals surface area contributed by atoms with Crippen LogP contribution >= 0.6 is 0 Å². The number of hydrogen-bond acceptors (Lipinski definition) is 2. The van der Waals surface area contributed by atoms with Gasteiger partial charge in [0, 0.05) is 6.04 Å². The van der Waals surface area contributed by atoms with Crippen molar-refractivity contribution < 1.29 is 0 Å². The van der Waals surface area contributed by atoms with Crippen molar-refractivity contribution >= 4 is 0 Å². The van der Waals surface area contributed by atoms with Crippen LogP contribution < -0.4 is 11.3 Å². The van der Waals surface area contributed by atoms with E-state index in [1.807, 2.05) is 0 Å². The number of benzene rings is 1. The fraction of sp³-hybridized carbons (Fsp3) is 0.647. The molecule has 1 aromatic carbocycles. The summed E-state index contributed by atoms with van der Waals surface area (Å²) in [7, 11) is 0. The molecule has 0 aromatic heterocycles. The van der Waals surface area contributed by atoms with Gasteiger partial charge in [-0.2, -0.15) is 0 Å². The molecule has 0 heterocycles. The Kier molecular flexibility index (Phi) is 2.89. The molecule has 102 valence electrons. The lowest BCUT2D eigenvalue weighted by atomic mass is 9.50. The maximum absolute atomic E-state index is 5.93.